The average molecular weight is 682 g/mol. The van der Waals surface area contributed by atoms with Crippen LogP contribution in [0.15, 0.2) is 76.8 Å². The maximum Gasteiger partial charge on any atom is 0.420 e. The van der Waals surface area contributed by atoms with E-state index in [2.05, 4.69) is 41.2 Å². The molecule has 0 fully saturated rings. The number of nitro groups is 1. The van der Waals surface area contributed by atoms with E-state index in [-0.39, 0.29) is 29.3 Å². The van der Waals surface area contributed by atoms with Gasteiger partial charge in [0.2, 0.25) is 0 Å². The molecule has 1 aliphatic carbocycles. The van der Waals surface area contributed by atoms with Crippen LogP contribution in [0.1, 0.15) is 56.3 Å². The standard InChI is InChI=1S/C34H28BrF3N2O5/c1-4-44-28-14-21(24(35)15-29(28)45-27-12-10-19(40(42)43)13-23(27)34(36,37)38)32-31-22(16-33(2,3)17-26(31)41)30-20-8-6-5-7-18(20)9-11-25(30)39-32/h5-15,32,39H,4,16-17H2,1-3H3/t32-/m1/s1. The van der Waals surface area contributed by atoms with Gasteiger partial charge < -0.3 is 14.8 Å². The number of hydrogen-bond donors (Lipinski definition) is 1. The van der Waals surface area contributed by atoms with Crippen molar-refractivity contribution in [2.75, 3.05) is 11.9 Å². The van der Waals surface area contributed by atoms with Crippen molar-refractivity contribution in [2.45, 2.75) is 45.8 Å². The van der Waals surface area contributed by atoms with Crippen LogP contribution < -0.4 is 14.8 Å². The van der Waals surface area contributed by atoms with Crippen LogP contribution in [0.3, 0.4) is 0 Å². The number of hydrogen-bond acceptors (Lipinski definition) is 6. The smallest absolute Gasteiger partial charge is 0.420 e. The van der Waals surface area contributed by atoms with Crippen molar-refractivity contribution >= 4 is 49.4 Å². The predicted molar refractivity (Wildman–Crippen MR) is 169 cm³/mol. The van der Waals surface area contributed by atoms with Crippen LogP contribution in [-0.2, 0) is 11.0 Å². The van der Waals surface area contributed by atoms with Crippen LogP contribution in [0.4, 0.5) is 24.5 Å². The molecule has 6 rings (SSSR count). The van der Waals surface area contributed by atoms with Crippen LogP contribution >= 0.6 is 15.9 Å². The summed E-state index contributed by atoms with van der Waals surface area (Å²) in [4.78, 5) is 24.1. The van der Waals surface area contributed by atoms with Gasteiger partial charge in [0.25, 0.3) is 5.69 Å². The van der Waals surface area contributed by atoms with E-state index in [1.54, 1.807) is 13.0 Å². The fourth-order valence-corrected chi connectivity index (χ4v) is 6.80. The monoisotopic (exact) mass is 680 g/mol. The zero-order valence-electron chi connectivity index (χ0n) is 24.5. The zero-order chi connectivity index (χ0) is 32.3. The average Bonchev–Trinajstić information content (AvgIpc) is 2.96. The molecule has 45 heavy (non-hydrogen) atoms. The molecule has 7 nitrogen and oxygen atoms in total. The second-order valence-corrected chi connectivity index (χ2v) is 12.8. The van der Waals surface area contributed by atoms with Gasteiger partial charge in [0, 0.05) is 39.9 Å². The highest BCUT2D eigenvalue weighted by Crippen LogP contribution is 2.54. The Labute approximate surface area is 265 Å². The molecule has 0 aromatic heterocycles. The fourth-order valence-electron chi connectivity index (χ4n) is 6.25. The van der Waals surface area contributed by atoms with Gasteiger partial charge in [-0.2, -0.15) is 13.2 Å². The van der Waals surface area contributed by atoms with E-state index < -0.39 is 34.1 Å². The molecule has 1 aliphatic heterocycles. The Balaban J connectivity index is 1.49. The summed E-state index contributed by atoms with van der Waals surface area (Å²) < 4.78 is 53.8. The number of halogens is 4. The van der Waals surface area contributed by atoms with Crippen LogP contribution in [0.25, 0.3) is 16.3 Å². The summed E-state index contributed by atoms with van der Waals surface area (Å²) in [6.07, 6.45) is -3.86. The number of nitro benzene ring substituents is 1. The van der Waals surface area contributed by atoms with Crippen molar-refractivity contribution in [3.63, 3.8) is 0 Å². The van der Waals surface area contributed by atoms with Gasteiger partial charge >= 0.3 is 6.18 Å². The van der Waals surface area contributed by atoms with Gasteiger partial charge in [-0.05, 0) is 64.9 Å². The molecular formula is C34H28BrF3N2O5. The number of carbonyl (C=O) groups is 1. The molecule has 0 saturated carbocycles. The predicted octanol–water partition coefficient (Wildman–Crippen LogP) is 10.0. The van der Waals surface area contributed by atoms with E-state index >= 15 is 0 Å². The third kappa shape index (κ3) is 5.65. The van der Waals surface area contributed by atoms with Gasteiger partial charge in [0.15, 0.2) is 17.3 Å². The van der Waals surface area contributed by atoms with Crippen molar-refractivity contribution in [2.24, 2.45) is 5.41 Å². The third-order valence-electron chi connectivity index (χ3n) is 8.11. The zero-order valence-corrected chi connectivity index (χ0v) is 26.1. The maximum absolute atomic E-state index is 13.9. The first-order valence-corrected chi connectivity index (χ1v) is 15.1. The fraction of sp³-hybridized carbons (Fsp3) is 0.265. The normalized spacial score (nSPS) is 17.4. The highest BCUT2D eigenvalue weighted by atomic mass is 79.9. The number of nitrogens with one attached hydrogen (secondary N) is 1. The number of allylic oxidation sites excluding steroid dienone is 1. The van der Waals surface area contributed by atoms with Gasteiger partial charge in [-0.15, -0.1) is 0 Å². The molecule has 1 N–H and O–H groups in total. The third-order valence-corrected chi connectivity index (χ3v) is 8.80. The van der Waals surface area contributed by atoms with Gasteiger partial charge in [-0.25, -0.2) is 0 Å². The minimum atomic E-state index is -4.91. The molecular weight excluding hydrogens is 653 g/mol. The van der Waals surface area contributed by atoms with Crippen molar-refractivity contribution in [3.8, 4) is 17.2 Å². The summed E-state index contributed by atoms with van der Waals surface area (Å²) >= 11 is 3.59. The first-order chi connectivity index (χ1) is 21.3. The van der Waals surface area contributed by atoms with Gasteiger partial charge in [0.1, 0.15) is 11.3 Å². The Bertz CT molecular complexity index is 1920. The molecule has 0 bridgehead atoms. The lowest BCUT2D eigenvalue weighted by atomic mass is 9.68. The summed E-state index contributed by atoms with van der Waals surface area (Å²) in [5.41, 5.74) is 1.87. The Morgan fingerprint density at radius 3 is 2.49 bits per heavy atom. The van der Waals surface area contributed by atoms with Crippen LogP contribution in [0.5, 0.6) is 17.2 Å². The second kappa shape index (κ2) is 11.2. The molecule has 0 amide bonds. The van der Waals surface area contributed by atoms with E-state index in [0.29, 0.717) is 34.5 Å². The van der Waals surface area contributed by atoms with Crippen molar-refractivity contribution in [1.82, 2.24) is 0 Å². The minimum absolute atomic E-state index is 0.0169. The summed E-state index contributed by atoms with van der Waals surface area (Å²) in [7, 11) is 0. The van der Waals surface area contributed by atoms with E-state index in [4.69, 9.17) is 9.47 Å². The van der Waals surface area contributed by atoms with E-state index in [1.807, 2.05) is 30.3 Å². The van der Waals surface area contributed by atoms with Crippen LogP contribution in [0, 0.1) is 15.5 Å². The quantitative estimate of drug-likeness (QED) is 0.161. The number of benzene rings is 4. The number of nitrogens with zero attached hydrogens (tertiary/aromatic N) is 1. The topological polar surface area (TPSA) is 90.7 Å². The number of rotatable bonds is 6. The van der Waals surface area contributed by atoms with Crippen LogP contribution in [-0.4, -0.2) is 17.3 Å². The lowest BCUT2D eigenvalue weighted by Gasteiger charge is -2.40. The number of carbonyl (C=O) groups excluding carboxylic acids is 1. The molecule has 0 spiro atoms. The van der Waals surface area contributed by atoms with E-state index in [9.17, 15) is 28.1 Å². The molecule has 232 valence electrons. The summed E-state index contributed by atoms with van der Waals surface area (Å²) in [5, 5.41) is 16.8. The number of alkyl halides is 3. The van der Waals surface area contributed by atoms with Crippen molar-refractivity contribution in [1.29, 1.82) is 0 Å². The molecule has 0 saturated heterocycles. The number of Topliss-reactive ketones (excluding diaryl/α,β-unsaturated/α-hetero) is 1. The summed E-state index contributed by atoms with van der Waals surface area (Å²) in [6.45, 7) is 6.07. The minimum Gasteiger partial charge on any atom is -0.490 e. The Morgan fingerprint density at radius 2 is 1.78 bits per heavy atom. The largest absolute Gasteiger partial charge is 0.490 e. The first kappa shape index (κ1) is 30.6. The Kier molecular flexibility index (Phi) is 7.63. The first-order valence-electron chi connectivity index (χ1n) is 14.3. The lowest BCUT2D eigenvalue weighted by molar-refractivity contribution is -0.385. The van der Waals surface area contributed by atoms with Gasteiger partial charge in [-0.3, -0.25) is 14.9 Å². The number of non-ortho nitro benzene ring substituents is 1. The van der Waals surface area contributed by atoms with Gasteiger partial charge in [0.05, 0.1) is 17.6 Å². The summed E-state index contributed by atoms with van der Waals surface area (Å²) in [5.74, 6) is -0.471. The number of anilines is 1. The molecule has 4 aromatic carbocycles. The SMILES string of the molecule is CCOc1cc([C@H]2Nc3ccc4ccccc4c3C3=C2C(=O)CC(C)(C)C3)c(Br)cc1Oc1ccc([N+](=O)[O-])cc1C(F)(F)F. The Morgan fingerprint density at radius 1 is 1.02 bits per heavy atom. The Hall–Kier alpha value is -4.38. The molecule has 4 aromatic rings. The molecule has 11 heteroatoms. The highest BCUT2D eigenvalue weighted by Gasteiger charge is 2.42. The second-order valence-electron chi connectivity index (χ2n) is 11.9. The lowest BCUT2D eigenvalue weighted by Crippen LogP contribution is -2.33. The van der Waals surface area contributed by atoms with Gasteiger partial charge in [-0.1, -0.05) is 60.1 Å². The molecule has 0 radical (unpaired) electrons. The van der Waals surface area contributed by atoms with E-state index in [0.717, 1.165) is 39.7 Å². The van der Waals surface area contributed by atoms with Crippen molar-refractivity contribution in [3.05, 3.63) is 104 Å². The number of fused-ring (bicyclic) bond motifs is 4. The number of ketones is 1. The maximum atomic E-state index is 13.9. The summed E-state index contributed by atoms with van der Waals surface area (Å²) in [6, 6.07) is 17.0. The van der Waals surface area contributed by atoms with Crippen molar-refractivity contribution < 1.29 is 32.4 Å². The number of ether oxygens (including phenoxy) is 2. The molecule has 0 unspecified atom stereocenters. The molecule has 1 heterocycles. The van der Waals surface area contributed by atoms with Crippen LogP contribution in [0.2, 0.25) is 0 Å². The molecule has 2 aliphatic rings. The van der Waals surface area contributed by atoms with E-state index in [1.165, 1.54) is 6.07 Å². The highest BCUT2D eigenvalue weighted by molar-refractivity contribution is 9.10. The molecule has 1 atom stereocenters.